The molecule has 0 saturated heterocycles. The lowest BCUT2D eigenvalue weighted by molar-refractivity contribution is -0.137. The SMILES string of the molecule is COc1ccc(N2Cc3ccc(C(F)(F)F)cc3N([C@@H]3CC[C@@H](F)C3)C2)c(C)n1. The van der Waals surface area contributed by atoms with Crippen molar-refractivity contribution in [3.63, 3.8) is 0 Å². The number of ether oxygens (including phenoxy) is 1. The first-order valence-corrected chi connectivity index (χ1v) is 9.63. The van der Waals surface area contributed by atoms with Crippen LogP contribution in [0.3, 0.4) is 0 Å². The van der Waals surface area contributed by atoms with Crippen LogP contribution in [0.4, 0.5) is 28.9 Å². The average molecular weight is 409 g/mol. The van der Waals surface area contributed by atoms with E-state index >= 15 is 0 Å². The van der Waals surface area contributed by atoms with Crippen LogP contribution >= 0.6 is 0 Å². The van der Waals surface area contributed by atoms with E-state index in [2.05, 4.69) is 9.88 Å². The van der Waals surface area contributed by atoms with Crippen LogP contribution in [0.5, 0.6) is 5.88 Å². The van der Waals surface area contributed by atoms with Crippen molar-refractivity contribution in [3.05, 3.63) is 47.2 Å². The third-order valence-corrected chi connectivity index (χ3v) is 5.77. The zero-order chi connectivity index (χ0) is 20.8. The number of halogens is 4. The number of benzene rings is 1. The molecule has 0 radical (unpaired) electrons. The summed E-state index contributed by atoms with van der Waals surface area (Å²) < 4.78 is 58.9. The van der Waals surface area contributed by atoms with Crippen molar-refractivity contribution < 1.29 is 22.3 Å². The van der Waals surface area contributed by atoms with Gasteiger partial charge in [-0.1, -0.05) is 6.07 Å². The van der Waals surface area contributed by atoms with Gasteiger partial charge in [-0.25, -0.2) is 9.37 Å². The number of hydrogen-bond donors (Lipinski definition) is 0. The topological polar surface area (TPSA) is 28.6 Å². The predicted octanol–water partition coefficient (Wildman–Crippen LogP) is 5.09. The molecule has 0 spiro atoms. The summed E-state index contributed by atoms with van der Waals surface area (Å²) in [5.74, 6) is 0.506. The highest BCUT2D eigenvalue weighted by atomic mass is 19.4. The van der Waals surface area contributed by atoms with Gasteiger partial charge in [-0.2, -0.15) is 13.2 Å². The Morgan fingerprint density at radius 1 is 1.10 bits per heavy atom. The number of fused-ring (bicyclic) bond motifs is 1. The number of rotatable bonds is 3. The first-order valence-electron chi connectivity index (χ1n) is 9.63. The zero-order valence-corrected chi connectivity index (χ0v) is 16.3. The Bertz CT molecular complexity index is 902. The maximum Gasteiger partial charge on any atom is 0.416 e. The van der Waals surface area contributed by atoms with Crippen LogP contribution in [0.15, 0.2) is 30.3 Å². The minimum Gasteiger partial charge on any atom is -0.481 e. The lowest BCUT2D eigenvalue weighted by atomic mass is 10.0. The van der Waals surface area contributed by atoms with Gasteiger partial charge >= 0.3 is 6.18 Å². The van der Waals surface area contributed by atoms with Crippen molar-refractivity contribution in [1.82, 2.24) is 4.98 Å². The third kappa shape index (κ3) is 3.84. The van der Waals surface area contributed by atoms with E-state index in [1.54, 1.807) is 13.2 Å². The third-order valence-electron chi connectivity index (χ3n) is 5.77. The molecule has 156 valence electrons. The summed E-state index contributed by atoms with van der Waals surface area (Å²) >= 11 is 0. The van der Waals surface area contributed by atoms with E-state index in [-0.39, 0.29) is 6.04 Å². The predicted molar refractivity (Wildman–Crippen MR) is 103 cm³/mol. The Balaban J connectivity index is 1.73. The van der Waals surface area contributed by atoms with E-state index in [0.29, 0.717) is 44.0 Å². The second-order valence-corrected chi connectivity index (χ2v) is 7.67. The lowest BCUT2D eigenvalue weighted by Crippen LogP contribution is -2.47. The molecule has 1 aromatic heterocycles. The Hall–Kier alpha value is -2.51. The van der Waals surface area contributed by atoms with E-state index in [0.717, 1.165) is 23.0 Å². The van der Waals surface area contributed by atoms with Crippen molar-refractivity contribution in [3.8, 4) is 5.88 Å². The number of aryl methyl sites for hydroxylation is 1. The van der Waals surface area contributed by atoms with Crippen LogP contribution in [0.25, 0.3) is 0 Å². The Labute approximate surface area is 167 Å². The van der Waals surface area contributed by atoms with Gasteiger partial charge in [0.05, 0.1) is 30.7 Å². The summed E-state index contributed by atoms with van der Waals surface area (Å²) in [5.41, 5.74) is 2.33. The van der Waals surface area contributed by atoms with Crippen LogP contribution in [0, 0.1) is 6.92 Å². The highest BCUT2D eigenvalue weighted by Gasteiger charge is 2.37. The monoisotopic (exact) mass is 409 g/mol. The lowest BCUT2D eigenvalue weighted by Gasteiger charge is -2.43. The molecule has 4 rings (SSSR count). The number of hydrogen-bond acceptors (Lipinski definition) is 4. The molecule has 1 saturated carbocycles. The quantitative estimate of drug-likeness (QED) is 0.660. The maximum absolute atomic E-state index is 13.9. The number of alkyl halides is 4. The molecule has 2 aromatic rings. The van der Waals surface area contributed by atoms with Crippen LogP contribution in [-0.4, -0.2) is 31.0 Å². The molecule has 0 bridgehead atoms. The van der Waals surface area contributed by atoms with Gasteiger partial charge in [0.15, 0.2) is 0 Å². The summed E-state index contributed by atoms with van der Waals surface area (Å²) in [6.45, 7) is 2.72. The maximum atomic E-state index is 13.9. The molecule has 1 fully saturated rings. The summed E-state index contributed by atoms with van der Waals surface area (Å²) in [6, 6.07) is 7.40. The molecule has 8 heteroatoms. The molecular formula is C21H23F4N3O. The standard InChI is InChI=1S/C21H23F4N3O/c1-13-18(7-8-20(26-13)29-2)27-11-14-3-4-15(21(23,24)25)9-19(14)28(12-27)17-6-5-16(22)10-17/h3-4,7-9,16-17H,5-6,10-12H2,1-2H3/t16-,17-/m1/s1. The van der Waals surface area contributed by atoms with Crippen LogP contribution < -0.4 is 14.5 Å². The smallest absolute Gasteiger partial charge is 0.416 e. The molecule has 0 unspecified atom stereocenters. The van der Waals surface area contributed by atoms with Gasteiger partial charge in [-0.3, -0.25) is 0 Å². The highest BCUT2D eigenvalue weighted by Crippen LogP contribution is 2.40. The number of aromatic nitrogens is 1. The summed E-state index contributed by atoms with van der Waals surface area (Å²) in [7, 11) is 1.55. The molecule has 1 aliphatic carbocycles. The van der Waals surface area contributed by atoms with Gasteiger partial charge in [-0.15, -0.1) is 0 Å². The van der Waals surface area contributed by atoms with Crippen LogP contribution in [-0.2, 0) is 12.7 Å². The minimum absolute atomic E-state index is 0.124. The van der Waals surface area contributed by atoms with Crippen molar-refractivity contribution in [2.45, 2.75) is 51.1 Å². The van der Waals surface area contributed by atoms with E-state index in [1.165, 1.54) is 12.1 Å². The molecule has 29 heavy (non-hydrogen) atoms. The van der Waals surface area contributed by atoms with E-state index in [4.69, 9.17) is 4.74 Å². The van der Waals surface area contributed by atoms with Gasteiger partial charge < -0.3 is 14.5 Å². The summed E-state index contributed by atoms with van der Waals surface area (Å²) in [5, 5.41) is 0. The van der Waals surface area contributed by atoms with Gasteiger partial charge in [0.2, 0.25) is 5.88 Å². The second kappa shape index (κ2) is 7.39. The second-order valence-electron chi connectivity index (χ2n) is 7.67. The van der Waals surface area contributed by atoms with Crippen molar-refractivity contribution in [2.24, 2.45) is 0 Å². The number of pyridine rings is 1. The number of anilines is 2. The minimum atomic E-state index is -4.41. The van der Waals surface area contributed by atoms with Crippen molar-refractivity contribution in [1.29, 1.82) is 0 Å². The highest BCUT2D eigenvalue weighted by molar-refractivity contribution is 5.64. The van der Waals surface area contributed by atoms with Crippen molar-refractivity contribution >= 4 is 11.4 Å². The summed E-state index contributed by atoms with van der Waals surface area (Å²) in [4.78, 5) is 8.41. The van der Waals surface area contributed by atoms with Crippen LogP contribution in [0.1, 0.15) is 36.1 Å². The molecule has 1 aromatic carbocycles. The molecular weight excluding hydrogens is 386 g/mol. The summed E-state index contributed by atoms with van der Waals surface area (Å²) in [6.07, 6.45) is -3.91. The fourth-order valence-electron chi connectivity index (χ4n) is 4.30. The molecule has 0 N–H and O–H groups in total. The van der Waals surface area contributed by atoms with E-state index in [1.807, 2.05) is 17.9 Å². The molecule has 2 aliphatic rings. The van der Waals surface area contributed by atoms with Gasteiger partial charge in [-0.05, 0) is 49.9 Å². The van der Waals surface area contributed by atoms with Gasteiger partial charge in [0.1, 0.15) is 6.17 Å². The fraction of sp³-hybridized carbons (Fsp3) is 0.476. The van der Waals surface area contributed by atoms with Crippen molar-refractivity contribution in [2.75, 3.05) is 23.6 Å². The Morgan fingerprint density at radius 2 is 1.90 bits per heavy atom. The van der Waals surface area contributed by atoms with Gasteiger partial charge in [0, 0.05) is 24.3 Å². The Morgan fingerprint density at radius 3 is 2.52 bits per heavy atom. The zero-order valence-electron chi connectivity index (χ0n) is 16.3. The average Bonchev–Trinajstić information content (AvgIpc) is 3.12. The molecule has 0 amide bonds. The molecule has 2 atom stereocenters. The normalized spacial score (nSPS) is 22.0. The number of methoxy groups -OCH3 is 1. The number of nitrogens with zero attached hydrogens (tertiary/aromatic N) is 3. The van der Waals surface area contributed by atoms with Crippen LogP contribution in [0.2, 0.25) is 0 Å². The fourth-order valence-corrected chi connectivity index (χ4v) is 4.30. The largest absolute Gasteiger partial charge is 0.481 e. The molecule has 4 nitrogen and oxygen atoms in total. The molecule has 1 aliphatic heterocycles. The Kier molecular flexibility index (Phi) is 5.04. The van der Waals surface area contributed by atoms with Gasteiger partial charge in [0.25, 0.3) is 0 Å². The molecule has 2 heterocycles. The van der Waals surface area contributed by atoms with E-state index in [9.17, 15) is 17.6 Å². The first kappa shape index (κ1) is 19.8. The van der Waals surface area contributed by atoms with E-state index < -0.39 is 17.9 Å². The first-order chi connectivity index (χ1) is 13.8.